The van der Waals surface area contributed by atoms with Crippen molar-refractivity contribution in [2.24, 2.45) is 0 Å². The van der Waals surface area contributed by atoms with Gasteiger partial charge in [-0.25, -0.2) is 0 Å². The summed E-state index contributed by atoms with van der Waals surface area (Å²) >= 11 is 1.84. The third kappa shape index (κ3) is 3.79. The summed E-state index contributed by atoms with van der Waals surface area (Å²) in [7, 11) is 0. The first-order valence-electron chi connectivity index (χ1n) is 14.5. The summed E-state index contributed by atoms with van der Waals surface area (Å²) in [4.78, 5) is 2.42. The molecule has 2 heterocycles. The minimum absolute atomic E-state index is 0.880. The normalized spacial score (nSPS) is 11.7. The van der Waals surface area contributed by atoms with E-state index in [-0.39, 0.29) is 0 Å². The molecule has 3 heteroatoms. The van der Waals surface area contributed by atoms with Crippen molar-refractivity contribution >= 4 is 81.3 Å². The van der Waals surface area contributed by atoms with Crippen molar-refractivity contribution in [2.45, 2.75) is 0 Å². The molecule has 0 aliphatic heterocycles. The Hall–Kier alpha value is -5.38. The summed E-state index contributed by atoms with van der Waals surface area (Å²) in [6.45, 7) is 0. The molecule has 0 spiro atoms. The number of fused-ring (bicyclic) bond motifs is 7. The summed E-state index contributed by atoms with van der Waals surface area (Å²) in [5, 5.41) is 7.17. The van der Waals surface area contributed by atoms with Gasteiger partial charge >= 0.3 is 0 Å². The quantitative estimate of drug-likeness (QED) is 0.210. The van der Waals surface area contributed by atoms with Crippen molar-refractivity contribution in [3.63, 3.8) is 0 Å². The molecule has 2 nitrogen and oxygen atoms in total. The van der Waals surface area contributed by atoms with Gasteiger partial charge < -0.3 is 9.32 Å². The van der Waals surface area contributed by atoms with Crippen LogP contribution in [0.5, 0.6) is 0 Å². The Kier molecular flexibility index (Phi) is 5.40. The van der Waals surface area contributed by atoms with Crippen molar-refractivity contribution in [2.75, 3.05) is 4.90 Å². The Bertz CT molecular complexity index is 2460. The lowest BCUT2D eigenvalue weighted by Crippen LogP contribution is -2.12. The highest BCUT2D eigenvalue weighted by Crippen LogP contribution is 2.49. The minimum atomic E-state index is 0.880. The first-order valence-corrected chi connectivity index (χ1v) is 15.3. The molecular weight excluding hydrogens is 543 g/mol. The molecule has 0 radical (unpaired) electrons. The zero-order valence-electron chi connectivity index (χ0n) is 23.2. The fourth-order valence-electron chi connectivity index (χ4n) is 6.49. The fraction of sp³-hybridized carbons (Fsp3) is 0. The van der Waals surface area contributed by atoms with E-state index in [9.17, 15) is 0 Å². The molecule has 202 valence electrons. The molecule has 7 aromatic carbocycles. The molecule has 9 aromatic rings. The summed E-state index contributed by atoms with van der Waals surface area (Å²) < 4.78 is 9.37. The third-order valence-corrected chi connectivity index (χ3v) is 9.61. The lowest BCUT2D eigenvalue weighted by molar-refractivity contribution is 0.669. The second-order valence-electron chi connectivity index (χ2n) is 10.9. The van der Waals surface area contributed by atoms with Gasteiger partial charge in [0.1, 0.15) is 5.58 Å². The number of rotatable bonds is 4. The first-order chi connectivity index (χ1) is 21.3. The molecule has 0 saturated heterocycles. The number of hydrogen-bond donors (Lipinski definition) is 0. The molecule has 43 heavy (non-hydrogen) atoms. The van der Waals surface area contributed by atoms with E-state index in [1.165, 1.54) is 30.9 Å². The predicted molar refractivity (Wildman–Crippen MR) is 184 cm³/mol. The van der Waals surface area contributed by atoms with Gasteiger partial charge in [0.15, 0.2) is 5.58 Å². The summed E-state index contributed by atoms with van der Waals surface area (Å²) in [6.07, 6.45) is 0. The molecule has 0 saturated carbocycles. The fourth-order valence-corrected chi connectivity index (χ4v) is 7.58. The minimum Gasteiger partial charge on any atom is -0.454 e. The Labute approximate surface area is 252 Å². The lowest BCUT2D eigenvalue weighted by Gasteiger charge is -2.29. The van der Waals surface area contributed by atoms with Gasteiger partial charge in [0.2, 0.25) is 0 Å². The summed E-state index contributed by atoms with van der Waals surface area (Å²) in [5.41, 5.74) is 7.28. The number of para-hydroxylation sites is 1. The van der Waals surface area contributed by atoms with Gasteiger partial charge in [-0.2, -0.15) is 0 Å². The maximum absolute atomic E-state index is 6.78. The molecule has 0 aliphatic rings. The van der Waals surface area contributed by atoms with E-state index in [0.717, 1.165) is 50.1 Å². The van der Waals surface area contributed by atoms with Crippen LogP contribution >= 0.6 is 11.3 Å². The Morgan fingerprint density at radius 1 is 0.488 bits per heavy atom. The number of thiophene rings is 1. The maximum Gasteiger partial charge on any atom is 0.160 e. The standard InChI is InChI=1S/C40H25NOS/c1-2-11-27(12-3-1)30-22-23-33-31-16-6-8-19-36(31)42-40(33)39(30)41(35-18-10-14-26-13-4-5-15-29(26)35)28-21-24-38-34(25-28)32-17-7-9-20-37(32)43-38/h1-25H. The monoisotopic (exact) mass is 567 g/mol. The van der Waals surface area contributed by atoms with Crippen molar-refractivity contribution in [1.29, 1.82) is 0 Å². The smallest absolute Gasteiger partial charge is 0.160 e. The van der Waals surface area contributed by atoms with E-state index in [4.69, 9.17) is 4.42 Å². The molecule has 0 N–H and O–H groups in total. The molecular formula is C40H25NOS. The average molecular weight is 568 g/mol. The average Bonchev–Trinajstić information content (AvgIpc) is 3.64. The highest BCUT2D eigenvalue weighted by atomic mass is 32.1. The number of nitrogens with zero attached hydrogens (tertiary/aromatic N) is 1. The number of furan rings is 1. The third-order valence-electron chi connectivity index (χ3n) is 8.46. The summed E-state index contributed by atoms with van der Waals surface area (Å²) in [6, 6.07) is 54.3. The van der Waals surface area contributed by atoms with Gasteiger partial charge in [-0.1, -0.05) is 109 Å². The SMILES string of the molecule is c1ccc(-c2ccc3c(oc4ccccc43)c2N(c2ccc3sc4ccccc4c3c2)c2cccc3ccccc23)cc1. The van der Waals surface area contributed by atoms with Gasteiger partial charge in [0.25, 0.3) is 0 Å². The van der Waals surface area contributed by atoms with Crippen LogP contribution in [-0.4, -0.2) is 0 Å². The molecule has 0 amide bonds. The second-order valence-corrected chi connectivity index (χ2v) is 12.0. The van der Waals surface area contributed by atoms with E-state index >= 15 is 0 Å². The molecule has 0 unspecified atom stereocenters. The van der Waals surface area contributed by atoms with E-state index in [0.29, 0.717) is 0 Å². The highest BCUT2D eigenvalue weighted by molar-refractivity contribution is 7.25. The Balaban J connectivity index is 1.44. The molecule has 0 bridgehead atoms. The highest BCUT2D eigenvalue weighted by Gasteiger charge is 2.25. The zero-order valence-corrected chi connectivity index (χ0v) is 24.0. The van der Waals surface area contributed by atoms with Crippen LogP contribution < -0.4 is 4.90 Å². The van der Waals surface area contributed by atoms with Crippen LogP contribution in [0.1, 0.15) is 0 Å². The second kappa shape index (κ2) is 9.59. The van der Waals surface area contributed by atoms with E-state index < -0.39 is 0 Å². The Morgan fingerprint density at radius 2 is 1.21 bits per heavy atom. The topological polar surface area (TPSA) is 16.4 Å². The zero-order chi connectivity index (χ0) is 28.3. The molecule has 0 fully saturated rings. The Morgan fingerprint density at radius 3 is 2.12 bits per heavy atom. The largest absolute Gasteiger partial charge is 0.454 e. The van der Waals surface area contributed by atoms with Gasteiger partial charge in [-0.3, -0.25) is 0 Å². The number of anilines is 3. The van der Waals surface area contributed by atoms with Crippen molar-refractivity contribution in [3.05, 3.63) is 152 Å². The van der Waals surface area contributed by atoms with Crippen LogP contribution in [0.15, 0.2) is 156 Å². The molecule has 0 aliphatic carbocycles. The van der Waals surface area contributed by atoms with Crippen molar-refractivity contribution in [1.82, 2.24) is 0 Å². The molecule has 2 aromatic heterocycles. The van der Waals surface area contributed by atoms with E-state index in [1.54, 1.807) is 0 Å². The van der Waals surface area contributed by atoms with E-state index in [1.807, 2.05) is 17.4 Å². The van der Waals surface area contributed by atoms with Gasteiger partial charge in [-0.15, -0.1) is 11.3 Å². The number of hydrogen-bond acceptors (Lipinski definition) is 3. The van der Waals surface area contributed by atoms with Crippen LogP contribution in [0.4, 0.5) is 17.1 Å². The van der Waals surface area contributed by atoms with Gasteiger partial charge in [0.05, 0.1) is 11.4 Å². The van der Waals surface area contributed by atoms with Crippen molar-refractivity contribution < 1.29 is 4.42 Å². The lowest BCUT2D eigenvalue weighted by atomic mass is 9.98. The first kappa shape index (κ1) is 24.2. The van der Waals surface area contributed by atoms with Gasteiger partial charge in [-0.05, 0) is 53.4 Å². The van der Waals surface area contributed by atoms with E-state index in [2.05, 4.69) is 150 Å². The maximum atomic E-state index is 6.78. The van der Waals surface area contributed by atoms with Crippen molar-refractivity contribution in [3.8, 4) is 11.1 Å². The summed E-state index contributed by atoms with van der Waals surface area (Å²) in [5.74, 6) is 0. The van der Waals surface area contributed by atoms with Crippen LogP contribution in [-0.2, 0) is 0 Å². The van der Waals surface area contributed by atoms with Crippen LogP contribution in [0.3, 0.4) is 0 Å². The van der Waals surface area contributed by atoms with Crippen LogP contribution in [0, 0.1) is 0 Å². The molecule has 9 rings (SSSR count). The van der Waals surface area contributed by atoms with Crippen LogP contribution in [0.25, 0.3) is 64.0 Å². The van der Waals surface area contributed by atoms with Crippen LogP contribution in [0.2, 0.25) is 0 Å². The predicted octanol–water partition coefficient (Wildman–Crippen LogP) is 12.2. The van der Waals surface area contributed by atoms with Gasteiger partial charge in [0, 0.05) is 47.6 Å². The molecule has 0 atom stereocenters. The number of benzene rings is 7.